The van der Waals surface area contributed by atoms with Gasteiger partial charge in [0, 0.05) is 25.2 Å². The van der Waals surface area contributed by atoms with Crippen molar-refractivity contribution in [1.82, 2.24) is 15.1 Å². The van der Waals surface area contributed by atoms with Gasteiger partial charge in [0.1, 0.15) is 5.54 Å². The summed E-state index contributed by atoms with van der Waals surface area (Å²) >= 11 is 0. The van der Waals surface area contributed by atoms with E-state index in [0.29, 0.717) is 13.0 Å². The molecule has 2 fully saturated rings. The van der Waals surface area contributed by atoms with E-state index in [1.807, 2.05) is 4.90 Å². The van der Waals surface area contributed by atoms with Gasteiger partial charge in [0.15, 0.2) is 0 Å². The molecular formula is C16H29N3O3. The van der Waals surface area contributed by atoms with Crippen LogP contribution in [0.25, 0.3) is 0 Å². The Morgan fingerprint density at radius 2 is 1.68 bits per heavy atom. The number of amides is 2. The highest BCUT2D eigenvalue weighted by Crippen LogP contribution is 2.29. The van der Waals surface area contributed by atoms with Crippen LogP contribution < -0.4 is 5.32 Å². The first-order valence-corrected chi connectivity index (χ1v) is 8.30. The number of nitrogens with zero attached hydrogens (tertiary/aromatic N) is 2. The summed E-state index contributed by atoms with van der Waals surface area (Å²) in [4.78, 5) is 28.4. The van der Waals surface area contributed by atoms with E-state index in [0.717, 1.165) is 45.3 Å². The van der Waals surface area contributed by atoms with Crippen molar-refractivity contribution >= 4 is 12.0 Å². The second-order valence-electron chi connectivity index (χ2n) is 7.56. The highest BCUT2D eigenvalue weighted by Gasteiger charge is 2.47. The number of carboxylic acid groups (broad SMARTS) is 1. The predicted molar refractivity (Wildman–Crippen MR) is 84.9 cm³/mol. The lowest BCUT2D eigenvalue weighted by atomic mass is 9.84. The fourth-order valence-electron chi connectivity index (χ4n) is 3.56. The molecule has 1 unspecified atom stereocenters. The Morgan fingerprint density at radius 1 is 1.05 bits per heavy atom. The third-order valence-corrected chi connectivity index (χ3v) is 4.84. The fourth-order valence-corrected chi connectivity index (χ4v) is 3.56. The van der Waals surface area contributed by atoms with Crippen molar-refractivity contribution in [3.8, 4) is 0 Å². The number of likely N-dealkylation sites (tertiary alicyclic amines) is 2. The van der Waals surface area contributed by atoms with Gasteiger partial charge in [-0.25, -0.2) is 4.79 Å². The van der Waals surface area contributed by atoms with Crippen molar-refractivity contribution in [2.45, 2.75) is 64.0 Å². The van der Waals surface area contributed by atoms with Crippen LogP contribution >= 0.6 is 0 Å². The second kappa shape index (κ2) is 6.44. The van der Waals surface area contributed by atoms with E-state index in [1.54, 1.807) is 0 Å². The Hall–Kier alpha value is -1.30. The minimum absolute atomic E-state index is 0.0384. The standard InChI is InChI=1S/C16H29N3O3/c1-15(2,3)19-11-7-8-16(12-19,17-14(21)22)13(20)18-9-5-4-6-10-18/h17H,4-12H2,1-3H3,(H,21,22). The molecule has 1 atom stereocenters. The van der Waals surface area contributed by atoms with E-state index in [4.69, 9.17) is 0 Å². The van der Waals surface area contributed by atoms with E-state index in [-0.39, 0.29) is 11.4 Å². The Kier molecular flexibility index (Phi) is 5.00. The second-order valence-corrected chi connectivity index (χ2v) is 7.56. The predicted octanol–water partition coefficient (Wildman–Crippen LogP) is 1.90. The summed E-state index contributed by atoms with van der Waals surface area (Å²) in [5, 5.41) is 11.8. The van der Waals surface area contributed by atoms with Crippen molar-refractivity contribution in [2.75, 3.05) is 26.2 Å². The maximum absolute atomic E-state index is 13.1. The third kappa shape index (κ3) is 3.72. The fraction of sp³-hybridized carbons (Fsp3) is 0.875. The van der Waals surface area contributed by atoms with Crippen LogP contribution in [-0.4, -0.2) is 64.2 Å². The normalized spacial score (nSPS) is 27.5. The van der Waals surface area contributed by atoms with Gasteiger partial charge in [-0.05, 0) is 59.4 Å². The molecule has 0 aromatic heterocycles. The van der Waals surface area contributed by atoms with Crippen molar-refractivity contribution in [2.24, 2.45) is 0 Å². The van der Waals surface area contributed by atoms with Gasteiger partial charge >= 0.3 is 6.09 Å². The first-order chi connectivity index (χ1) is 10.2. The van der Waals surface area contributed by atoms with Gasteiger partial charge in [0.25, 0.3) is 0 Å². The summed E-state index contributed by atoms with van der Waals surface area (Å²) in [5.74, 6) is -0.0384. The summed E-state index contributed by atoms with van der Waals surface area (Å²) in [6.07, 6.45) is 3.48. The zero-order valence-electron chi connectivity index (χ0n) is 14.0. The molecule has 2 amide bonds. The number of carbonyl (C=O) groups excluding carboxylic acids is 1. The first-order valence-electron chi connectivity index (χ1n) is 8.30. The molecule has 2 N–H and O–H groups in total. The molecule has 0 aromatic rings. The lowest BCUT2D eigenvalue weighted by molar-refractivity contribution is -0.142. The molecule has 126 valence electrons. The number of piperidine rings is 2. The molecule has 6 nitrogen and oxygen atoms in total. The van der Waals surface area contributed by atoms with Gasteiger partial charge in [-0.3, -0.25) is 9.69 Å². The summed E-state index contributed by atoms with van der Waals surface area (Å²) in [6.45, 7) is 9.17. The summed E-state index contributed by atoms with van der Waals surface area (Å²) in [5.41, 5.74) is -1.07. The first kappa shape index (κ1) is 17.1. The lowest BCUT2D eigenvalue weighted by Gasteiger charge is -2.48. The molecule has 6 heteroatoms. The highest BCUT2D eigenvalue weighted by atomic mass is 16.4. The molecule has 2 aliphatic rings. The number of hydrogen-bond acceptors (Lipinski definition) is 3. The van der Waals surface area contributed by atoms with Crippen LogP contribution in [-0.2, 0) is 4.79 Å². The number of carbonyl (C=O) groups is 2. The quantitative estimate of drug-likeness (QED) is 0.817. The van der Waals surface area contributed by atoms with Crippen molar-refractivity contribution < 1.29 is 14.7 Å². The van der Waals surface area contributed by atoms with Crippen LogP contribution in [0.15, 0.2) is 0 Å². The van der Waals surface area contributed by atoms with Gasteiger partial charge < -0.3 is 15.3 Å². The Morgan fingerprint density at radius 3 is 2.23 bits per heavy atom. The molecule has 2 heterocycles. The van der Waals surface area contributed by atoms with E-state index in [1.165, 1.54) is 0 Å². The molecule has 2 aliphatic heterocycles. The Bertz CT molecular complexity index is 427. The average Bonchev–Trinajstić information content (AvgIpc) is 2.46. The highest BCUT2D eigenvalue weighted by molar-refractivity contribution is 5.90. The molecule has 0 bridgehead atoms. The van der Waals surface area contributed by atoms with Gasteiger partial charge in [-0.1, -0.05) is 0 Å². The maximum atomic E-state index is 13.1. The molecule has 22 heavy (non-hydrogen) atoms. The van der Waals surface area contributed by atoms with Crippen molar-refractivity contribution in [3.05, 3.63) is 0 Å². The topological polar surface area (TPSA) is 72.9 Å². The van der Waals surface area contributed by atoms with Crippen LogP contribution in [0.5, 0.6) is 0 Å². The van der Waals surface area contributed by atoms with Crippen LogP contribution in [0.2, 0.25) is 0 Å². The zero-order valence-corrected chi connectivity index (χ0v) is 14.0. The lowest BCUT2D eigenvalue weighted by Crippen LogP contribution is -2.68. The number of rotatable bonds is 2. The van der Waals surface area contributed by atoms with Crippen LogP contribution in [0.1, 0.15) is 52.9 Å². The summed E-state index contributed by atoms with van der Waals surface area (Å²) in [6, 6.07) is 0. The van der Waals surface area contributed by atoms with Gasteiger partial charge in [-0.15, -0.1) is 0 Å². The molecule has 0 aromatic carbocycles. The Labute approximate surface area is 132 Å². The molecule has 0 spiro atoms. The molecule has 0 saturated carbocycles. The Balaban J connectivity index is 2.22. The third-order valence-electron chi connectivity index (χ3n) is 4.84. The van der Waals surface area contributed by atoms with Crippen LogP contribution in [0, 0.1) is 0 Å². The molecule has 0 radical (unpaired) electrons. The zero-order chi connectivity index (χ0) is 16.4. The minimum Gasteiger partial charge on any atom is -0.465 e. The van der Waals surface area contributed by atoms with E-state index in [2.05, 4.69) is 31.0 Å². The summed E-state index contributed by atoms with van der Waals surface area (Å²) < 4.78 is 0. The number of nitrogens with one attached hydrogen (secondary N) is 1. The molecule has 0 aliphatic carbocycles. The SMILES string of the molecule is CC(C)(C)N1CCCC(NC(=O)O)(C(=O)N2CCCCC2)C1. The van der Waals surface area contributed by atoms with E-state index < -0.39 is 11.6 Å². The van der Waals surface area contributed by atoms with E-state index in [9.17, 15) is 14.7 Å². The minimum atomic E-state index is -1.11. The van der Waals surface area contributed by atoms with Crippen molar-refractivity contribution in [3.63, 3.8) is 0 Å². The van der Waals surface area contributed by atoms with Gasteiger partial charge in [0.05, 0.1) is 0 Å². The molecular weight excluding hydrogens is 282 g/mol. The van der Waals surface area contributed by atoms with Crippen LogP contribution in [0.3, 0.4) is 0 Å². The average molecular weight is 311 g/mol. The van der Waals surface area contributed by atoms with E-state index >= 15 is 0 Å². The van der Waals surface area contributed by atoms with Crippen LogP contribution in [0.4, 0.5) is 4.79 Å². The maximum Gasteiger partial charge on any atom is 0.405 e. The monoisotopic (exact) mass is 311 g/mol. The van der Waals surface area contributed by atoms with Gasteiger partial charge in [-0.2, -0.15) is 0 Å². The number of hydrogen-bond donors (Lipinski definition) is 2. The largest absolute Gasteiger partial charge is 0.465 e. The smallest absolute Gasteiger partial charge is 0.405 e. The molecule has 2 saturated heterocycles. The van der Waals surface area contributed by atoms with Crippen molar-refractivity contribution in [1.29, 1.82) is 0 Å². The summed E-state index contributed by atoms with van der Waals surface area (Å²) in [7, 11) is 0. The molecule has 2 rings (SSSR count). The van der Waals surface area contributed by atoms with Gasteiger partial charge in [0.2, 0.25) is 5.91 Å².